The maximum absolute atomic E-state index is 6.27. The number of hydrogen-bond donors (Lipinski definition) is 1. The average Bonchev–Trinajstić information content (AvgIpc) is 2.22. The second kappa shape index (κ2) is 4.13. The molecule has 1 aliphatic rings. The molecule has 1 heterocycles. The molecule has 0 bridgehead atoms. The Morgan fingerprint density at radius 1 is 1.44 bits per heavy atom. The summed E-state index contributed by atoms with van der Waals surface area (Å²) >= 11 is 10.9. The van der Waals surface area contributed by atoms with Crippen LogP contribution in [0.1, 0.15) is 16.7 Å². The van der Waals surface area contributed by atoms with Crippen molar-refractivity contribution in [3.8, 4) is 5.75 Å². The van der Waals surface area contributed by atoms with Gasteiger partial charge in [0.25, 0.3) is 0 Å². The summed E-state index contributed by atoms with van der Waals surface area (Å²) in [6.07, 6.45) is 0. The monoisotopic (exact) mass is 258 g/mol. The highest BCUT2D eigenvalue weighted by Gasteiger charge is 2.40. The van der Waals surface area contributed by atoms with Crippen molar-refractivity contribution in [2.24, 2.45) is 0 Å². The number of ether oxygens (including phenoxy) is 2. The molecule has 88 valence electrons. The van der Waals surface area contributed by atoms with Gasteiger partial charge in [0.2, 0.25) is 0 Å². The lowest BCUT2D eigenvalue weighted by Gasteiger charge is -2.39. The highest BCUT2D eigenvalue weighted by Crippen LogP contribution is 2.45. The molecule has 1 aromatic rings. The van der Waals surface area contributed by atoms with Gasteiger partial charge in [0.1, 0.15) is 5.75 Å². The zero-order valence-electron chi connectivity index (χ0n) is 9.63. The minimum atomic E-state index is -0.257. The molecule has 0 N–H and O–H groups in total. The number of benzene rings is 1. The summed E-state index contributed by atoms with van der Waals surface area (Å²) in [6.45, 7) is 5.19. The van der Waals surface area contributed by atoms with Gasteiger partial charge in [0.15, 0.2) is 0 Å². The highest BCUT2D eigenvalue weighted by atomic mass is 35.5. The van der Waals surface area contributed by atoms with E-state index in [2.05, 4.69) is 12.6 Å². The van der Waals surface area contributed by atoms with Gasteiger partial charge in [-0.1, -0.05) is 11.6 Å². The quantitative estimate of drug-likeness (QED) is 0.822. The molecule has 0 atom stereocenters. The highest BCUT2D eigenvalue weighted by molar-refractivity contribution is 7.81. The van der Waals surface area contributed by atoms with Crippen LogP contribution in [-0.2, 0) is 9.48 Å². The lowest BCUT2D eigenvalue weighted by molar-refractivity contribution is -0.0109. The van der Waals surface area contributed by atoms with Crippen LogP contribution < -0.4 is 4.74 Å². The summed E-state index contributed by atoms with van der Waals surface area (Å²) in [6, 6.07) is 1.96. The van der Waals surface area contributed by atoms with E-state index in [1.807, 2.05) is 19.9 Å². The average molecular weight is 259 g/mol. The molecular formula is C12H15ClO2S. The molecule has 2 nitrogen and oxygen atoms in total. The van der Waals surface area contributed by atoms with E-state index in [0.717, 1.165) is 27.5 Å². The first-order chi connectivity index (χ1) is 7.49. The van der Waals surface area contributed by atoms with Crippen molar-refractivity contribution in [2.75, 3.05) is 20.3 Å². The lowest BCUT2D eigenvalue weighted by Crippen LogP contribution is -2.42. The smallest absolute Gasteiger partial charge is 0.124 e. The van der Waals surface area contributed by atoms with Crippen molar-refractivity contribution < 1.29 is 9.47 Å². The first-order valence-corrected chi connectivity index (χ1v) is 5.96. The molecule has 2 rings (SSSR count). The van der Waals surface area contributed by atoms with Gasteiger partial charge in [-0.15, -0.1) is 0 Å². The Labute approximate surface area is 106 Å². The summed E-state index contributed by atoms with van der Waals surface area (Å²) in [5.74, 6) is 0.845. The number of aryl methyl sites for hydroxylation is 1. The molecule has 1 aromatic carbocycles. The largest absolute Gasteiger partial charge is 0.496 e. The van der Waals surface area contributed by atoms with Crippen LogP contribution in [0.2, 0.25) is 5.02 Å². The third-order valence-corrected chi connectivity index (χ3v) is 4.07. The van der Waals surface area contributed by atoms with Crippen LogP contribution >= 0.6 is 24.2 Å². The second-order valence-corrected chi connectivity index (χ2v) is 5.47. The third-order valence-electron chi connectivity index (χ3n) is 3.01. The minimum Gasteiger partial charge on any atom is -0.496 e. The minimum absolute atomic E-state index is 0.257. The van der Waals surface area contributed by atoms with E-state index in [0.29, 0.717) is 13.2 Å². The van der Waals surface area contributed by atoms with Gasteiger partial charge in [0.05, 0.1) is 25.1 Å². The van der Waals surface area contributed by atoms with E-state index >= 15 is 0 Å². The molecule has 0 aromatic heterocycles. The molecule has 0 radical (unpaired) electrons. The number of methoxy groups -OCH3 is 1. The topological polar surface area (TPSA) is 18.5 Å². The standard InChI is InChI=1S/C12H15ClO2S/c1-7-4-9(14-3)10(8(2)11(7)13)12(16)5-15-6-12/h4,16H,5-6H2,1-3H3. The maximum Gasteiger partial charge on any atom is 0.124 e. The van der Waals surface area contributed by atoms with Gasteiger partial charge < -0.3 is 9.47 Å². The number of halogens is 1. The van der Waals surface area contributed by atoms with E-state index in [9.17, 15) is 0 Å². The Hall–Kier alpha value is -0.380. The summed E-state index contributed by atoms with van der Waals surface area (Å²) in [7, 11) is 1.67. The Balaban J connectivity index is 2.62. The molecule has 4 heteroatoms. The van der Waals surface area contributed by atoms with Crippen molar-refractivity contribution >= 4 is 24.2 Å². The normalized spacial score (nSPS) is 18.1. The molecule has 1 aliphatic heterocycles. The molecule has 0 aliphatic carbocycles. The maximum atomic E-state index is 6.27. The number of hydrogen-bond acceptors (Lipinski definition) is 3. The predicted molar refractivity (Wildman–Crippen MR) is 69.0 cm³/mol. The van der Waals surface area contributed by atoms with Crippen LogP contribution in [0.15, 0.2) is 6.07 Å². The Kier molecular flexibility index (Phi) is 3.12. The van der Waals surface area contributed by atoms with Crippen molar-refractivity contribution in [1.29, 1.82) is 0 Å². The van der Waals surface area contributed by atoms with Gasteiger partial charge in [-0.3, -0.25) is 0 Å². The molecule has 16 heavy (non-hydrogen) atoms. The van der Waals surface area contributed by atoms with Crippen LogP contribution in [0.5, 0.6) is 5.75 Å². The van der Waals surface area contributed by atoms with Crippen LogP contribution in [-0.4, -0.2) is 20.3 Å². The Morgan fingerprint density at radius 3 is 2.50 bits per heavy atom. The number of thiol groups is 1. The van der Waals surface area contributed by atoms with E-state index in [-0.39, 0.29) is 4.75 Å². The van der Waals surface area contributed by atoms with E-state index in [1.165, 1.54) is 0 Å². The fourth-order valence-corrected chi connectivity index (χ4v) is 2.71. The van der Waals surface area contributed by atoms with Gasteiger partial charge in [0, 0.05) is 10.6 Å². The molecule has 1 fully saturated rings. The third kappa shape index (κ3) is 1.71. The fraction of sp³-hybridized carbons (Fsp3) is 0.500. The first kappa shape index (κ1) is 12.1. The molecule has 0 spiro atoms. The Morgan fingerprint density at radius 2 is 2.06 bits per heavy atom. The summed E-state index contributed by atoms with van der Waals surface area (Å²) in [5, 5.41) is 0.788. The van der Waals surface area contributed by atoms with Gasteiger partial charge in [-0.25, -0.2) is 0 Å². The summed E-state index contributed by atoms with van der Waals surface area (Å²) in [4.78, 5) is 0. The van der Waals surface area contributed by atoms with Crippen LogP contribution in [0.4, 0.5) is 0 Å². The molecule has 0 amide bonds. The Bertz CT molecular complexity index is 428. The van der Waals surface area contributed by atoms with Gasteiger partial charge >= 0.3 is 0 Å². The van der Waals surface area contributed by atoms with Crippen molar-refractivity contribution in [3.05, 3.63) is 27.8 Å². The molecule has 0 unspecified atom stereocenters. The predicted octanol–water partition coefficient (Wildman–Crippen LogP) is 3.12. The van der Waals surface area contributed by atoms with Gasteiger partial charge in [-0.05, 0) is 31.0 Å². The van der Waals surface area contributed by atoms with E-state index < -0.39 is 0 Å². The summed E-state index contributed by atoms with van der Waals surface area (Å²) < 4.78 is 10.4. The SMILES string of the molecule is COc1cc(C)c(Cl)c(C)c1C1(S)COC1. The lowest BCUT2D eigenvalue weighted by atomic mass is 9.90. The first-order valence-electron chi connectivity index (χ1n) is 5.14. The zero-order chi connectivity index (χ0) is 11.9. The molecule has 0 saturated carbocycles. The molecule has 1 saturated heterocycles. The van der Waals surface area contributed by atoms with Crippen LogP contribution in [0.3, 0.4) is 0 Å². The van der Waals surface area contributed by atoms with Crippen molar-refractivity contribution in [3.63, 3.8) is 0 Å². The van der Waals surface area contributed by atoms with Crippen molar-refractivity contribution in [1.82, 2.24) is 0 Å². The number of rotatable bonds is 2. The van der Waals surface area contributed by atoms with Crippen LogP contribution in [0, 0.1) is 13.8 Å². The second-order valence-electron chi connectivity index (χ2n) is 4.23. The molecular weight excluding hydrogens is 244 g/mol. The fourth-order valence-electron chi connectivity index (χ4n) is 2.10. The van der Waals surface area contributed by atoms with Gasteiger partial charge in [-0.2, -0.15) is 12.6 Å². The zero-order valence-corrected chi connectivity index (χ0v) is 11.3. The van der Waals surface area contributed by atoms with Crippen LogP contribution in [0.25, 0.3) is 0 Å². The van der Waals surface area contributed by atoms with E-state index in [4.69, 9.17) is 21.1 Å². The van der Waals surface area contributed by atoms with Crippen molar-refractivity contribution in [2.45, 2.75) is 18.6 Å². The summed E-state index contributed by atoms with van der Waals surface area (Å²) in [5.41, 5.74) is 3.12. The van der Waals surface area contributed by atoms with E-state index in [1.54, 1.807) is 7.11 Å².